The van der Waals surface area contributed by atoms with Crippen LogP contribution in [0.3, 0.4) is 0 Å². The van der Waals surface area contributed by atoms with Gasteiger partial charge in [0.05, 0.1) is 17.2 Å². The standard InChI is InChI=1S/C18H25NO4/c1-10(2)13-8-14-16(12(4)21)11(3)19(6-5-7-20)17(14)15(9-13)18(22)23/h8-10,12,20-21H,5-7H2,1-4H3,(H,22,23). The fraction of sp³-hybridized carbons (Fsp3) is 0.500. The minimum Gasteiger partial charge on any atom is -0.478 e. The first kappa shape index (κ1) is 17.5. The molecule has 0 fully saturated rings. The summed E-state index contributed by atoms with van der Waals surface area (Å²) in [7, 11) is 0. The minimum atomic E-state index is -0.975. The van der Waals surface area contributed by atoms with Crippen molar-refractivity contribution in [3.8, 4) is 0 Å². The molecule has 2 aromatic rings. The van der Waals surface area contributed by atoms with Gasteiger partial charge in [0.1, 0.15) is 0 Å². The molecule has 1 atom stereocenters. The van der Waals surface area contributed by atoms with E-state index in [1.54, 1.807) is 13.0 Å². The van der Waals surface area contributed by atoms with Crippen molar-refractivity contribution >= 4 is 16.9 Å². The third-order valence-electron chi connectivity index (χ3n) is 4.34. The molecule has 0 aliphatic carbocycles. The molecule has 0 aliphatic heterocycles. The minimum absolute atomic E-state index is 0.0373. The number of hydrogen-bond donors (Lipinski definition) is 3. The largest absolute Gasteiger partial charge is 0.478 e. The zero-order chi connectivity index (χ0) is 17.3. The Balaban J connectivity index is 2.90. The number of hydrogen-bond acceptors (Lipinski definition) is 3. The fourth-order valence-electron chi connectivity index (χ4n) is 3.19. The summed E-state index contributed by atoms with van der Waals surface area (Å²) in [6.07, 6.45) is -0.147. The molecule has 1 heterocycles. The average molecular weight is 319 g/mol. The van der Waals surface area contributed by atoms with E-state index in [-0.39, 0.29) is 18.1 Å². The molecule has 5 heteroatoms. The van der Waals surface area contributed by atoms with Crippen molar-refractivity contribution in [3.05, 3.63) is 34.5 Å². The summed E-state index contributed by atoms with van der Waals surface area (Å²) >= 11 is 0. The van der Waals surface area contributed by atoms with Crippen LogP contribution >= 0.6 is 0 Å². The predicted molar refractivity (Wildman–Crippen MR) is 90.1 cm³/mol. The molecule has 5 nitrogen and oxygen atoms in total. The third kappa shape index (κ3) is 3.12. The Morgan fingerprint density at radius 3 is 2.39 bits per heavy atom. The molecule has 0 amide bonds. The lowest BCUT2D eigenvalue weighted by Gasteiger charge is -2.12. The van der Waals surface area contributed by atoms with Gasteiger partial charge in [-0.05, 0) is 43.9 Å². The van der Waals surface area contributed by atoms with Crippen LogP contribution in [0.15, 0.2) is 12.1 Å². The van der Waals surface area contributed by atoms with E-state index in [2.05, 4.69) is 0 Å². The molecule has 0 saturated heterocycles. The molecule has 23 heavy (non-hydrogen) atoms. The number of fused-ring (bicyclic) bond motifs is 1. The Kier molecular flexibility index (Phi) is 5.12. The van der Waals surface area contributed by atoms with Crippen LogP contribution in [-0.2, 0) is 6.54 Å². The normalized spacial score (nSPS) is 13.0. The van der Waals surface area contributed by atoms with Gasteiger partial charge in [0.2, 0.25) is 0 Å². The van der Waals surface area contributed by atoms with E-state index in [0.717, 1.165) is 22.2 Å². The average Bonchev–Trinajstić information content (AvgIpc) is 2.75. The van der Waals surface area contributed by atoms with Gasteiger partial charge in [0, 0.05) is 29.8 Å². The van der Waals surface area contributed by atoms with Crippen LogP contribution in [0.2, 0.25) is 0 Å². The number of rotatable bonds is 6. The van der Waals surface area contributed by atoms with E-state index in [0.29, 0.717) is 18.5 Å². The Labute approximate surface area is 136 Å². The summed E-state index contributed by atoms with van der Waals surface area (Å²) in [4.78, 5) is 11.8. The third-order valence-corrected chi connectivity index (χ3v) is 4.34. The summed E-state index contributed by atoms with van der Waals surface area (Å²) in [5.41, 5.74) is 3.44. The van der Waals surface area contributed by atoms with E-state index in [4.69, 9.17) is 5.11 Å². The number of carboxylic acid groups (broad SMARTS) is 1. The van der Waals surface area contributed by atoms with E-state index in [9.17, 15) is 15.0 Å². The zero-order valence-electron chi connectivity index (χ0n) is 14.1. The number of aromatic nitrogens is 1. The van der Waals surface area contributed by atoms with Crippen LogP contribution in [-0.4, -0.2) is 32.5 Å². The number of aliphatic hydroxyl groups is 2. The molecular formula is C18H25NO4. The van der Waals surface area contributed by atoms with Crippen LogP contribution in [0, 0.1) is 6.92 Å². The SMILES string of the molecule is Cc1c(C(C)O)c2cc(C(C)C)cc(C(=O)O)c2n1CCCO. The van der Waals surface area contributed by atoms with E-state index >= 15 is 0 Å². The predicted octanol–water partition coefficient (Wildman–Crippen LogP) is 3.21. The van der Waals surface area contributed by atoms with Crippen LogP contribution in [0.4, 0.5) is 0 Å². The molecule has 0 bridgehead atoms. The molecular weight excluding hydrogens is 294 g/mol. The maximum absolute atomic E-state index is 11.8. The van der Waals surface area contributed by atoms with Crippen LogP contribution in [0.1, 0.15) is 66.4 Å². The highest BCUT2D eigenvalue weighted by Gasteiger charge is 2.23. The van der Waals surface area contributed by atoms with Gasteiger partial charge in [-0.2, -0.15) is 0 Å². The second kappa shape index (κ2) is 6.72. The topological polar surface area (TPSA) is 82.7 Å². The highest BCUT2D eigenvalue weighted by molar-refractivity contribution is 6.04. The molecule has 0 saturated carbocycles. The molecule has 1 unspecified atom stereocenters. The van der Waals surface area contributed by atoms with E-state index in [1.807, 2.05) is 31.4 Å². The van der Waals surface area contributed by atoms with Gasteiger partial charge in [-0.1, -0.05) is 13.8 Å². The second-order valence-electron chi connectivity index (χ2n) is 6.33. The highest BCUT2D eigenvalue weighted by Crippen LogP contribution is 2.35. The van der Waals surface area contributed by atoms with Crippen molar-refractivity contribution in [3.63, 3.8) is 0 Å². The Morgan fingerprint density at radius 2 is 1.91 bits per heavy atom. The smallest absolute Gasteiger partial charge is 0.337 e. The van der Waals surface area contributed by atoms with Crippen molar-refractivity contribution in [1.29, 1.82) is 0 Å². The van der Waals surface area contributed by atoms with Gasteiger partial charge in [-0.25, -0.2) is 4.79 Å². The lowest BCUT2D eigenvalue weighted by atomic mass is 9.95. The van der Waals surface area contributed by atoms with Gasteiger partial charge in [0.15, 0.2) is 0 Å². The number of carbonyl (C=O) groups is 1. The molecule has 1 aromatic carbocycles. The molecule has 0 radical (unpaired) electrons. The van der Waals surface area contributed by atoms with Gasteiger partial charge in [-0.3, -0.25) is 0 Å². The number of aliphatic hydroxyl groups excluding tert-OH is 2. The molecule has 1 aromatic heterocycles. The second-order valence-corrected chi connectivity index (χ2v) is 6.33. The number of aromatic carboxylic acids is 1. The first-order valence-electron chi connectivity index (χ1n) is 7.98. The molecule has 0 spiro atoms. The molecule has 2 rings (SSSR count). The van der Waals surface area contributed by atoms with Crippen LogP contribution in [0.25, 0.3) is 10.9 Å². The number of nitrogens with zero attached hydrogens (tertiary/aromatic N) is 1. The monoisotopic (exact) mass is 319 g/mol. The maximum atomic E-state index is 11.8. The van der Waals surface area contributed by atoms with Gasteiger partial charge < -0.3 is 19.9 Å². The summed E-state index contributed by atoms with van der Waals surface area (Å²) in [6.45, 7) is 8.18. The molecule has 0 aliphatic rings. The zero-order valence-corrected chi connectivity index (χ0v) is 14.1. The first-order valence-corrected chi connectivity index (χ1v) is 7.98. The summed E-state index contributed by atoms with van der Waals surface area (Å²) in [6, 6.07) is 3.70. The number of aryl methyl sites for hydroxylation is 1. The van der Waals surface area contributed by atoms with Crippen molar-refractivity contribution < 1.29 is 20.1 Å². The van der Waals surface area contributed by atoms with Gasteiger partial charge in [-0.15, -0.1) is 0 Å². The Morgan fingerprint density at radius 1 is 1.26 bits per heavy atom. The molecule has 126 valence electrons. The number of benzene rings is 1. The van der Waals surface area contributed by atoms with E-state index < -0.39 is 12.1 Å². The van der Waals surface area contributed by atoms with Crippen LogP contribution < -0.4 is 0 Å². The fourth-order valence-corrected chi connectivity index (χ4v) is 3.19. The van der Waals surface area contributed by atoms with Crippen molar-refractivity contribution in [2.75, 3.05) is 6.61 Å². The lowest BCUT2D eigenvalue weighted by molar-refractivity contribution is 0.0698. The molecule has 3 N–H and O–H groups in total. The van der Waals surface area contributed by atoms with Crippen molar-refractivity contribution in [2.45, 2.75) is 52.7 Å². The van der Waals surface area contributed by atoms with Crippen LogP contribution in [0.5, 0.6) is 0 Å². The van der Waals surface area contributed by atoms with Crippen molar-refractivity contribution in [2.24, 2.45) is 0 Å². The first-order chi connectivity index (χ1) is 10.8. The lowest BCUT2D eigenvalue weighted by Crippen LogP contribution is -2.07. The maximum Gasteiger partial charge on any atom is 0.337 e. The van der Waals surface area contributed by atoms with E-state index in [1.165, 1.54) is 0 Å². The summed E-state index contributed by atoms with van der Waals surface area (Å²) in [5.74, 6) is -0.780. The summed E-state index contributed by atoms with van der Waals surface area (Å²) < 4.78 is 1.90. The number of carboxylic acids is 1. The highest BCUT2D eigenvalue weighted by atomic mass is 16.4. The Bertz CT molecular complexity index is 728. The quantitative estimate of drug-likeness (QED) is 0.763. The summed E-state index contributed by atoms with van der Waals surface area (Å²) in [5, 5.41) is 29.8. The van der Waals surface area contributed by atoms with Gasteiger partial charge in [0.25, 0.3) is 0 Å². The van der Waals surface area contributed by atoms with Gasteiger partial charge >= 0.3 is 5.97 Å². The van der Waals surface area contributed by atoms with Crippen molar-refractivity contribution in [1.82, 2.24) is 4.57 Å². The Hall–Kier alpha value is -1.85.